The Morgan fingerprint density at radius 2 is 1.47 bits per heavy atom. The summed E-state index contributed by atoms with van der Waals surface area (Å²) >= 11 is 0. The van der Waals surface area contributed by atoms with Gasteiger partial charge in [-0.2, -0.15) is 0 Å². The van der Waals surface area contributed by atoms with Gasteiger partial charge in [-0.25, -0.2) is 0 Å². The molecule has 1 aromatic rings. The molecule has 1 unspecified atom stereocenters. The number of hydrogen-bond donors (Lipinski definition) is 1. The fourth-order valence-electron chi connectivity index (χ4n) is 5.84. The molecule has 0 aliphatic carbocycles. The van der Waals surface area contributed by atoms with Crippen molar-refractivity contribution in [3.8, 4) is 0 Å². The first-order chi connectivity index (χ1) is 20.5. The van der Waals surface area contributed by atoms with Crippen molar-refractivity contribution in [2.24, 2.45) is 0 Å². The van der Waals surface area contributed by atoms with Crippen molar-refractivity contribution in [3.05, 3.63) is 17.2 Å². The molecule has 1 N–H and O–H groups in total. The average molecular weight is 685 g/mol. The molecule has 0 aliphatic rings. The zero-order chi connectivity index (χ0) is 32.6. The van der Waals surface area contributed by atoms with Gasteiger partial charge < -0.3 is 32.3 Å². The molecule has 4 radical (unpaired) electrons. The van der Waals surface area contributed by atoms with Gasteiger partial charge in [0.05, 0.1) is 27.1 Å². The van der Waals surface area contributed by atoms with Gasteiger partial charge in [0.2, 0.25) is 0 Å². The minimum atomic E-state index is -2.56. The summed E-state index contributed by atoms with van der Waals surface area (Å²) in [5, 5.41) is 6.91. The van der Waals surface area contributed by atoms with Crippen LogP contribution in [0.3, 0.4) is 0 Å². The second-order valence-corrected chi connectivity index (χ2v) is 24.4. The van der Waals surface area contributed by atoms with Gasteiger partial charge in [0, 0.05) is 64.4 Å². The topological polar surface area (TPSA) is 61.4 Å². The zero-order valence-electron chi connectivity index (χ0n) is 29.9. The van der Waals surface area contributed by atoms with Crippen LogP contribution in [0.4, 0.5) is 5.69 Å². The molecular formula is C31H64N2O5Si5. The van der Waals surface area contributed by atoms with E-state index in [0.29, 0.717) is 19.8 Å². The van der Waals surface area contributed by atoms with Crippen LogP contribution < -0.4 is 20.6 Å². The average Bonchev–Trinajstić information content (AvgIpc) is 2.98. The minimum absolute atomic E-state index is 0.270. The predicted molar refractivity (Wildman–Crippen MR) is 195 cm³/mol. The number of anilines is 1. The highest BCUT2D eigenvalue weighted by Crippen LogP contribution is 2.31. The van der Waals surface area contributed by atoms with E-state index in [1.165, 1.54) is 11.6 Å². The SMILES string of the molecule is CCO[Si](CCCNC[Si]CCc1c(N(CC)CC)c([Si](C)C)cc(C(C)[Si](C)(OC)OC)c1[Si](C)C)(OCC)OCC. The Balaban J connectivity index is 3.21. The summed E-state index contributed by atoms with van der Waals surface area (Å²) in [6.45, 7) is 30.0. The van der Waals surface area contributed by atoms with E-state index >= 15 is 0 Å². The van der Waals surface area contributed by atoms with Crippen molar-refractivity contribution < 1.29 is 22.1 Å². The number of nitrogens with one attached hydrogen (secondary N) is 1. The minimum Gasteiger partial charge on any atom is -0.397 e. The van der Waals surface area contributed by atoms with E-state index in [2.05, 4.69) is 69.8 Å². The molecule has 1 aromatic carbocycles. The Kier molecular flexibility index (Phi) is 19.9. The second kappa shape index (κ2) is 20.9. The van der Waals surface area contributed by atoms with Gasteiger partial charge in [-0.15, -0.1) is 0 Å². The number of benzene rings is 1. The quantitative estimate of drug-likeness (QED) is 0.120. The summed E-state index contributed by atoms with van der Waals surface area (Å²) in [7, 11) is -1.81. The lowest BCUT2D eigenvalue weighted by Gasteiger charge is -2.36. The summed E-state index contributed by atoms with van der Waals surface area (Å²) in [5.74, 6) is 0. The van der Waals surface area contributed by atoms with Crippen molar-refractivity contribution in [3.63, 3.8) is 0 Å². The highest BCUT2D eigenvalue weighted by Gasteiger charge is 2.41. The molecule has 0 spiro atoms. The molecule has 0 saturated heterocycles. The van der Waals surface area contributed by atoms with E-state index in [-0.39, 0.29) is 5.54 Å². The summed E-state index contributed by atoms with van der Waals surface area (Å²) < 4.78 is 30.3. The molecule has 1 rings (SSSR count). The largest absolute Gasteiger partial charge is 0.500 e. The molecule has 12 heteroatoms. The van der Waals surface area contributed by atoms with Gasteiger partial charge in [-0.1, -0.05) is 50.4 Å². The van der Waals surface area contributed by atoms with Crippen molar-refractivity contribution in [1.82, 2.24) is 5.32 Å². The maximum absolute atomic E-state index is 6.10. The third-order valence-corrected chi connectivity index (χ3v) is 19.2. The van der Waals surface area contributed by atoms with Crippen molar-refractivity contribution in [2.75, 3.05) is 64.7 Å². The fourth-order valence-corrected chi connectivity index (χ4v) is 14.2. The van der Waals surface area contributed by atoms with Crippen molar-refractivity contribution in [2.45, 2.75) is 105 Å². The Morgan fingerprint density at radius 1 is 0.907 bits per heavy atom. The van der Waals surface area contributed by atoms with E-state index in [1.54, 1.807) is 21.6 Å². The molecule has 0 aromatic heterocycles. The summed E-state index contributed by atoms with van der Waals surface area (Å²) in [6, 6.07) is 4.64. The predicted octanol–water partition coefficient (Wildman–Crippen LogP) is 5.11. The molecule has 43 heavy (non-hydrogen) atoms. The highest BCUT2D eigenvalue weighted by molar-refractivity contribution is 6.75. The standard InChI is InChI=1S/C31H64N2O5Si5/c1-14-33(15-2)30-27(20-22-39-25-32-21-19-23-43(36-16-3,37-17-4)38-18-5)31(41(11)12)28(24-29(30)40(9)10)26(6)42(13,34-7)35-8/h24,26,32H,14-23,25H2,1-13H3. The Morgan fingerprint density at radius 3 is 1.91 bits per heavy atom. The van der Waals surface area contributed by atoms with Crippen LogP contribution in [0.2, 0.25) is 44.8 Å². The van der Waals surface area contributed by atoms with E-state index in [0.717, 1.165) is 54.2 Å². The Bertz CT molecular complexity index is 900. The van der Waals surface area contributed by atoms with Gasteiger partial charge in [0.1, 0.15) is 0 Å². The summed E-state index contributed by atoms with van der Waals surface area (Å²) in [4.78, 5) is 2.63. The summed E-state index contributed by atoms with van der Waals surface area (Å²) in [6.07, 6.45) is 3.19. The molecular weight excluding hydrogens is 621 g/mol. The van der Waals surface area contributed by atoms with E-state index in [9.17, 15) is 0 Å². The molecule has 0 fully saturated rings. The van der Waals surface area contributed by atoms with Gasteiger partial charge in [-0.05, 0) is 83.0 Å². The Labute approximate surface area is 273 Å². The molecule has 248 valence electrons. The first-order valence-electron chi connectivity index (χ1n) is 16.4. The van der Waals surface area contributed by atoms with E-state index in [4.69, 9.17) is 22.1 Å². The number of nitrogens with zero attached hydrogens (tertiary/aromatic N) is 1. The molecule has 0 amide bonds. The fraction of sp³-hybridized carbons (Fsp3) is 0.806. The first kappa shape index (κ1) is 40.9. The van der Waals surface area contributed by atoms with Crippen LogP contribution in [0.5, 0.6) is 0 Å². The molecule has 0 heterocycles. The lowest BCUT2D eigenvalue weighted by atomic mass is 10.0. The van der Waals surface area contributed by atoms with Gasteiger partial charge in [0.15, 0.2) is 0 Å². The third kappa shape index (κ3) is 11.6. The van der Waals surface area contributed by atoms with Crippen LogP contribution in [0.25, 0.3) is 0 Å². The smallest absolute Gasteiger partial charge is 0.397 e. The van der Waals surface area contributed by atoms with Crippen LogP contribution >= 0.6 is 0 Å². The zero-order valence-corrected chi connectivity index (χ0v) is 34.9. The maximum Gasteiger partial charge on any atom is 0.500 e. The van der Waals surface area contributed by atoms with E-state index < -0.39 is 35.0 Å². The lowest BCUT2D eigenvalue weighted by Crippen LogP contribution is -2.48. The number of hydrogen-bond acceptors (Lipinski definition) is 7. The number of rotatable bonds is 24. The van der Waals surface area contributed by atoms with Crippen LogP contribution in [-0.4, -0.2) is 104 Å². The van der Waals surface area contributed by atoms with E-state index in [1.807, 2.05) is 35.0 Å². The van der Waals surface area contributed by atoms with Crippen molar-refractivity contribution >= 4 is 60.5 Å². The van der Waals surface area contributed by atoms with Gasteiger partial charge in [0.25, 0.3) is 0 Å². The second-order valence-electron chi connectivity index (χ2n) is 11.5. The first-order valence-corrected chi connectivity index (χ1v) is 27.2. The molecule has 1 atom stereocenters. The molecule has 7 nitrogen and oxygen atoms in total. The molecule has 0 saturated carbocycles. The lowest BCUT2D eigenvalue weighted by molar-refractivity contribution is 0.0708. The van der Waals surface area contributed by atoms with Crippen LogP contribution in [-0.2, 0) is 28.6 Å². The van der Waals surface area contributed by atoms with Crippen LogP contribution in [0.15, 0.2) is 6.07 Å². The third-order valence-electron chi connectivity index (χ3n) is 8.34. The monoisotopic (exact) mass is 684 g/mol. The van der Waals surface area contributed by atoms with Crippen LogP contribution in [0, 0.1) is 0 Å². The maximum atomic E-state index is 6.10. The normalized spacial score (nSPS) is 13.4. The van der Waals surface area contributed by atoms with Gasteiger partial charge >= 0.3 is 17.4 Å². The van der Waals surface area contributed by atoms with Crippen molar-refractivity contribution in [1.29, 1.82) is 0 Å². The van der Waals surface area contributed by atoms with Crippen LogP contribution in [0.1, 0.15) is 64.6 Å². The molecule has 0 bridgehead atoms. The van der Waals surface area contributed by atoms with Gasteiger partial charge in [-0.3, -0.25) is 0 Å². The Hall–Kier alpha value is -0.136. The highest BCUT2D eigenvalue weighted by atomic mass is 28.4. The summed E-state index contributed by atoms with van der Waals surface area (Å²) in [5.41, 5.74) is 4.92. The molecule has 0 aliphatic heterocycles.